The van der Waals surface area contributed by atoms with Crippen molar-refractivity contribution in [1.29, 1.82) is 0 Å². The molecule has 27 heavy (non-hydrogen) atoms. The van der Waals surface area contributed by atoms with Gasteiger partial charge in [-0.3, -0.25) is 19.1 Å². The van der Waals surface area contributed by atoms with Crippen LogP contribution in [0.25, 0.3) is 10.9 Å². The Kier molecular flexibility index (Phi) is 5.28. The predicted molar refractivity (Wildman–Crippen MR) is 102 cm³/mol. The third-order valence-corrected chi connectivity index (χ3v) is 3.85. The number of nitrogens with one attached hydrogen (secondary N) is 2. The molecule has 1 aromatic heterocycles. The lowest BCUT2D eigenvalue weighted by Gasteiger charge is -2.12. The molecule has 2 aromatic carbocycles. The number of benzene rings is 2. The lowest BCUT2D eigenvalue weighted by Crippen LogP contribution is -2.27. The van der Waals surface area contributed by atoms with Crippen LogP contribution in [-0.4, -0.2) is 28.1 Å². The normalized spacial score (nSPS) is 10.2. The third-order valence-electron chi connectivity index (χ3n) is 3.85. The number of terminal acetylenes is 1. The Morgan fingerprint density at radius 2 is 1.85 bits per heavy atom. The van der Waals surface area contributed by atoms with E-state index in [0.29, 0.717) is 22.2 Å². The summed E-state index contributed by atoms with van der Waals surface area (Å²) in [6.45, 7) is -0.0183. The molecule has 134 valence electrons. The zero-order valence-electron chi connectivity index (χ0n) is 14.3. The second-order valence-electron chi connectivity index (χ2n) is 5.66. The molecule has 7 heteroatoms. The Balaban J connectivity index is 1.82. The molecule has 0 aliphatic heterocycles. The number of para-hydroxylation sites is 2. The van der Waals surface area contributed by atoms with Crippen molar-refractivity contribution in [3.8, 4) is 12.3 Å². The van der Waals surface area contributed by atoms with E-state index in [9.17, 15) is 14.4 Å². The van der Waals surface area contributed by atoms with Gasteiger partial charge in [0.15, 0.2) is 0 Å². The molecule has 7 nitrogen and oxygen atoms in total. The summed E-state index contributed by atoms with van der Waals surface area (Å²) in [5.41, 5.74) is 1.01. The molecular formula is C20H16N4O3. The Hall–Kier alpha value is -3.92. The van der Waals surface area contributed by atoms with E-state index in [1.807, 2.05) is 0 Å². The highest BCUT2D eigenvalue weighted by Gasteiger charge is 2.14. The summed E-state index contributed by atoms with van der Waals surface area (Å²) < 4.78 is 1.44. The molecule has 0 saturated heterocycles. The molecule has 0 saturated carbocycles. The summed E-state index contributed by atoms with van der Waals surface area (Å²) in [4.78, 5) is 36.5. The Morgan fingerprint density at radius 3 is 2.67 bits per heavy atom. The van der Waals surface area contributed by atoms with E-state index < -0.39 is 0 Å². The van der Waals surface area contributed by atoms with E-state index in [0.717, 1.165) is 0 Å². The van der Waals surface area contributed by atoms with Crippen molar-refractivity contribution in [2.75, 3.05) is 11.9 Å². The first-order valence-electron chi connectivity index (χ1n) is 8.15. The van der Waals surface area contributed by atoms with Crippen molar-refractivity contribution in [2.24, 2.45) is 0 Å². The summed E-state index contributed by atoms with van der Waals surface area (Å²) in [6, 6.07) is 13.5. The molecule has 2 N–H and O–H groups in total. The first-order valence-corrected chi connectivity index (χ1v) is 8.15. The second kappa shape index (κ2) is 7.97. The zero-order valence-corrected chi connectivity index (χ0v) is 14.3. The lowest BCUT2D eigenvalue weighted by atomic mass is 10.1. The van der Waals surface area contributed by atoms with E-state index in [4.69, 9.17) is 6.42 Å². The molecule has 2 amide bonds. The molecule has 3 rings (SSSR count). The number of anilines is 1. The molecule has 1 heterocycles. The van der Waals surface area contributed by atoms with Crippen LogP contribution in [-0.2, 0) is 11.3 Å². The van der Waals surface area contributed by atoms with Gasteiger partial charge in [-0.15, -0.1) is 6.42 Å². The van der Waals surface area contributed by atoms with Crippen LogP contribution in [0.15, 0.2) is 59.5 Å². The topological polar surface area (TPSA) is 93.1 Å². The minimum atomic E-state index is -0.381. The van der Waals surface area contributed by atoms with Gasteiger partial charge in [0, 0.05) is 5.39 Å². The Morgan fingerprint density at radius 1 is 1.11 bits per heavy atom. The largest absolute Gasteiger partial charge is 0.341 e. The van der Waals surface area contributed by atoms with Crippen LogP contribution in [0.1, 0.15) is 10.4 Å². The second-order valence-corrected chi connectivity index (χ2v) is 5.66. The van der Waals surface area contributed by atoms with E-state index in [2.05, 4.69) is 21.7 Å². The highest BCUT2D eigenvalue weighted by atomic mass is 16.2. The number of carbonyl (C=O) groups is 2. The maximum Gasteiger partial charge on any atom is 0.254 e. The molecular weight excluding hydrogens is 344 g/mol. The van der Waals surface area contributed by atoms with Crippen LogP contribution in [0.2, 0.25) is 0 Å². The molecule has 0 aliphatic rings. The molecule has 0 radical (unpaired) electrons. The molecule has 0 atom stereocenters. The summed E-state index contributed by atoms with van der Waals surface area (Å²) in [5, 5.41) is 9.78. The number of hydrogen-bond acceptors (Lipinski definition) is 4. The van der Waals surface area contributed by atoms with Gasteiger partial charge in [-0.1, -0.05) is 30.2 Å². The van der Waals surface area contributed by atoms with Crippen LogP contribution in [0.4, 0.5) is 5.69 Å². The van der Waals surface area contributed by atoms with E-state index in [1.165, 1.54) is 10.9 Å². The van der Waals surface area contributed by atoms with E-state index in [1.54, 1.807) is 48.5 Å². The first-order chi connectivity index (χ1) is 13.1. The first kappa shape index (κ1) is 17.9. The number of hydrogen-bond donors (Lipinski definition) is 2. The van der Waals surface area contributed by atoms with Crippen molar-refractivity contribution in [3.05, 3.63) is 70.5 Å². The van der Waals surface area contributed by atoms with Crippen molar-refractivity contribution in [3.63, 3.8) is 0 Å². The fraction of sp³-hybridized carbons (Fsp3) is 0.100. The SMILES string of the molecule is C#CCNC(=O)c1ccccc1NC(=O)Cn1ncc(=O)c2ccccc21. The van der Waals surface area contributed by atoms with E-state index >= 15 is 0 Å². The van der Waals surface area contributed by atoms with Gasteiger partial charge in [0.25, 0.3) is 5.91 Å². The highest BCUT2D eigenvalue weighted by Crippen LogP contribution is 2.15. The fourth-order valence-electron chi connectivity index (χ4n) is 2.63. The smallest absolute Gasteiger partial charge is 0.254 e. The molecule has 3 aromatic rings. The van der Waals surface area contributed by atoms with Crippen molar-refractivity contribution in [1.82, 2.24) is 15.1 Å². The zero-order chi connectivity index (χ0) is 19.2. The van der Waals surface area contributed by atoms with Crippen LogP contribution in [0, 0.1) is 12.3 Å². The van der Waals surface area contributed by atoms with Gasteiger partial charge in [0.2, 0.25) is 11.3 Å². The Labute approximate surface area is 155 Å². The van der Waals surface area contributed by atoms with Gasteiger partial charge >= 0.3 is 0 Å². The van der Waals surface area contributed by atoms with Crippen molar-refractivity contribution < 1.29 is 9.59 Å². The molecule has 0 unspecified atom stereocenters. The van der Waals surface area contributed by atoms with Crippen molar-refractivity contribution >= 4 is 28.4 Å². The van der Waals surface area contributed by atoms with Crippen LogP contribution in [0.3, 0.4) is 0 Å². The number of nitrogens with zero attached hydrogens (tertiary/aromatic N) is 2. The van der Waals surface area contributed by atoms with Crippen LogP contribution < -0.4 is 16.1 Å². The predicted octanol–water partition coefficient (Wildman–Crippen LogP) is 1.40. The minimum absolute atomic E-state index is 0.0917. The van der Waals surface area contributed by atoms with Gasteiger partial charge in [-0.25, -0.2) is 0 Å². The lowest BCUT2D eigenvalue weighted by molar-refractivity contribution is -0.116. The Bertz CT molecular complexity index is 1110. The van der Waals surface area contributed by atoms with Gasteiger partial charge in [0.1, 0.15) is 6.54 Å². The quantitative estimate of drug-likeness (QED) is 0.673. The van der Waals surface area contributed by atoms with E-state index in [-0.39, 0.29) is 30.3 Å². The maximum absolute atomic E-state index is 12.5. The maximum atomic E-state index is 12.5. The molecule has 0 aliphatic carbocycles. The number of fused-ring (bicyclic) bond motifs is 1. The molecule has 0 spiro atoms. The van der Waals surface area contributed by atoms with Crippen molar-refractivity contribution in [2.45, 2.75) is 6.54 Å². The van der Waals surface area contributed by atoms with Crippen LogP contribution in [0.5, 0.6) is 0 Å². The highest BCUT2D eigenvalue weighted by molar-refractivity contribution is 6.03. The summed E-state index contributed by atoms with van der Waals surface area (Å²) >= 11 is 0. The fourth-order valence-corrected chi connectivity index (χ4v) is 2.63. The average Bonchev–Trinajstić information content (AvgIpc) is 2.69. The third kappa shape index (κ3) is 4.02. The van der Waals surface area contributed by atoms with Crippen LogP contribution >= 0.6 is 0 Å². The van der Waals surface area contributed by atoms with Gasteiger partial charge in [0.05, 0.1) is 29.5 Å². The minimum Gasteiger partial charge on any atom is -0.341 e. The number of amides is 2. The molecule has 0 fully saturated rings. The number of carbonyl (C=O) groups excluding carboxylic acids is 2. The summed E-state index contributed by atoms with van der Waals surface area (Å²) in [6.07, 6.45) is 6.33. The molecule has 0 bridgehead atoms. The monoisotopic (exact) mass is 360 g/mol. The standard InChI is InChI=1S/C20H16N4O3/c1-2-11-21-20(27)14-7-3-5-9-16(14)23-19(26)13-24-17-10-6-4-8-15(17)18(25)12-22-24/h1,3-10,12H,11,13H2,(H,21,27)(H,23,26). The number of aromatic nitrogens is 2. The number of rotatable bonds is 5. The summed E-state index contributed by atoms with van der Waals surface area (Å²) in [5.74, 6) is 1.57. The van der Waals surface area contributed by atoms with Gasteiger partial charge < -0.3 is 10.6 Å². The van der Waals surface area contributed by atoms with Gasteiger partial charge in [-0.2, -0.15) is 5.10 Å². The van der Waals surface area contributed by atoms with Gasteiger partial charge in [-0.05, 0) is 24.3 Å². The summed E-state index contributed by atoms with van der Waals surface area (Å²) in [7, 11) is 0. The average molecular weight is 360 g/mol.